The van der Waals surface area contributed by atoms with Crippen molar-refractivity contribution in [3.63, 3.8) is 0 Å². The third-order valence-electron chi connectivity index (χ3n) is 7.05. The molecule has 0 bridgehead atoms. The van der Waals surface area contributed by atoms with E-state index in [0.29, 0.717) is 42.3 Å². The third-order valence-corrected chi connectivity index (χ3v) is 7.05. The maximum atomic E-state index is 14.6. The van der Waals surface area contributed by atoms with E-state index in [-0.39, 0.29) is 12.8 Å². The second kappa shape index (κ2) is 10.1. The standard InChI is InChI=1S/C25H32F2N8O2/c1-4-19-21(34-13-17(10-23(36)37-3)11-25(26,27)15-34)8-7-20(29-19)24-22(33(2)32-30-24)14-35-28-12-18(31-35)9-16-5-6-16/h7-8,12,16-17H,4-6,9-11,13-15H2,1-3H3. The lowest BCUT2D eigenvalue weighted by Crippen LogP contribution is -2.48. The molecule has 1 saturated heterocycles. The molecule has 0 N–H and O–H groups in total. The van der Waals surface area contributed by atoms with Crippen molar-refractivity contribution in [3.8, 4) is 11.4 Å². The summed E-state index contributed by atoms with van der Waals surface area (Å²) in [5.41, 5.74) is 4.34. The van der Waals surface area contributed by atoms with Gasteiger partial charge in [0.05, 0.1) is 54.7 Å². The fraction of sp³-hybridized carbons (Fsp3) is 0.600. The molecule has 2 fully saturated rings. The van der Waals surface area contributed by atoms with Crippen LogP contribution in [0.1, 0.15) is 49.7 Å². The molecule has 37 heavy (non-hydrogen) atoms. The number of carbonyl (C=O) groups is 1. The first-order chi connectivity index (χ1) is 17.7. The van der Waals surface area contributed by atoms with E-state index in [1.165, 1.54) is 20.0 Å². The minimum Gasteiger partial charge on any atom is -0.469 e. The van der Waals surface area contributed by atoms with E-state index in [0.717, 1.165) is 23.7 Å². The summed E-state index contributed by atoms with van der Waals surface area (Å²) in [7, 11) is 3.09. The maximum absolute atomic E-state index is 14.6. The first kappa shape index (κ1) is 25.2. The first-order valence-corrected chi connectivity index (χ1v) is 12.7. The summed E-state index contributed by atoms with van der Waals surface area (Å²) in [6.07, 6.45) is 5.45. The Kier molecular flexibility index (Phi) is 6.91. The summed E-state index contributed by atoms with van der Waals surface area (Å²) in [5.74, 6) is -3.16. The van der Waals surface area contributed by atoms with Crippen LogP contribution in [0.3, 0.4) is 0 Å². The molecule has 4 heterocycles. The van der Waals surface area contributed by atoms with Gasteiger partial charge in [0.15, 0.2) is 0 Å². The molecule has 10 nitrogen and oxygen atoms in total. The van der Waals surface area contributed by atoms with Gasteiger partial charge in [0.2, 0.25) is 0 Å². The average molecular weight is 515 g/mol. The van der Waals surface area contributed by atoms with Crippen LogP contribution in [-0.2, 0) is 36.0 Å². The van der Waals surface area contributed by atoms with Crippen molar-refractivity contribution in [1.82, 2.24) is 35.0 Å². The van der Waals surface area contributed by atoms with E-state index >= 15 is 0 Å². The van der Waals surface area contributed by atoms with Gasteiger partial charge in [0.1, 0.15) is 12.2 Å². The number of hydrogen-bond donors (Lipinski definition) is 0. The molecular formula is C25H32F2N8O2. The number of aromatic nitrogens is 7. The average Bonchev–Trinajstić information content (AvgIpc) is 3.45. The number of carbonyl (C=O) groups excluding carboxylic acids is 1. The van der Waals surface area contributed by atoms with E-state index in [9.17, 15) is 13.6 Å². The van der Waals surface area contributed by atoms with Crippen molar-refractivity contribution in [1.29, 1.82) is 0 Å². The highest BCUT2D eigenvalue weighted by Crippen LogP contribution is 2.36. The molecular weight excluding hydrogens is 482 g/mol. The van der Waals surface area contributed by atoms with E-state index in [2.05, 4.69) is 20.5 Å². The van der Waals surface area contributed by atoms with Gasteiger partial charge in [-0.25, -0.2) is 18.4 Å². The highest BCUT2D eigenvalue weighted by Gasteiger charge is 2.41. The molecule has 0 amide bonds. The van der Waals surface area contributed by atoms with Crippen LogP contribution in [0.4, 0.5) is 14.5 Å². The highest BCUT2D eigenvalue weighted by atomic mass is 19.3. The molecule has 0 radical (unpaired) electrons. The summed E-state index contributed by atoms with van der Waals surface area (Å²) in [5, 5.41) is 17.5. The Balaban J connectivity index is 1.39. The van der Waals surface area contributed by atoms with Crippen molar-refractivity contribution < 1.29 is 18.3 Å². The van der Waals surface area contributed by atoms with Crippen molar-refractivity contribution >= 4 is 11.7 Å². The molecule has 1 aliphatic carbocycles. The molecule has 1 atom stereocenters. The third kappa shape index (κ3) is 5.78. The van der Waals surface area contributed by atoms with Crippen molar-refractivity contribution in [2.45, 2.75) is 57.9 Å². The molecule has 0 aromatic carbocycles. The van der Waals surface area contributed by atoms with Crippen LogP contribution < -0.4 is 4.90 Å². The number of rotatable bonds is 9. The first-order valence-electron chi connectivity index (χ1n) is 12.7. The Morgan fingerprint density at radius 1 is 1.24 bits per heavy atom. The number of halogens is 2. The molecule has 198 valence electrons. The SMILES string of the molecule is CCc1nc(-c2nnn(C)c2Cn2ncc(CC3CC3)n2)ccc1N1CC(CC(=O)OC)CC(F)(F)C1. The van der Waals surface area contributed by atoms with Gasteiger partial charge < -0.3 is 9.64 Å². The number of ether oxygens (including phenoxy) is 1. The summed E-state index contributed by atoms with van der Waals surface area (Å²) >= 11 is 0. The molecule has 3 aromatic rings. The normalized spacial score (nSPS) is 19.3. The number of alkyl halides is 2. The monoisotopic (exact) mass is 514 g/mol. The summed E-state index contributed by atoms with van der Waals surface area (Å²) in [4.78, 5) is 19.8. The number of anilines is 1. The van der Waals surface area contributed by atoms with Crippen LogP contribution in [0.2, 0.25) is 0 Å². The maximum Gasteiger partial charge on any atom is 0.305 e. The molecule has 0 spiro atoms. The van der Waals surface area contributed by atoms with Gasteiger partial charge in [-0.3, -0.25) is 4.79 Å². The molecule has 1 saturated carbocycles. The topological polar surface area (TPSA) is 104 Å². The molecule has 3 aromatic heterocycles. The largest absolute Gasteiger partial charge is 0.469 e. The van der Waals surface area contributed by atoms with Gasteiger partial charge in [-0.1, -0.05) is 12.1 Å². The Hall–Kier alpha value is -3.44. The van der Waals surface area contributed by atoms with E-state index in [4.69, 9.17) is 9.72 Å². The van der Waals surface area contributed by atoms with Gasteiger partial charge in [-0.15, -0.1) is 5.10 Å². The lowest BCUT2D eigenvalue weighted by atomic mass is 9.91. The van der Waals surface area contributed by atoms with E-state index < -0.39 is 24.4 Å². The van der Waals surface area contributed by atoms with Crippen LogP contribution in [0, 0.1) is 11.8 Å². The van der Waals surface area contributed by atoms with Crippen LogP contribution >= 0.6 is 0 Å². The number of piperidine rings is 1. The van der Waals surface area contributed by atoms with Crippen molar-refractivity contribution in [3.05, 3.63) is 35.4 Å². The van der Waals surface area contributed by atoms with Crippen molar-refractivity contribution in [2.75, 3.05) is 25.1 Å². The minimum absolute atomic E-state index is 0.0393. The number of aryl methyl sites for hydroxylation is 2. The second-order valence-corrected chi connectivity index (χ2v) is 10.1. The molecule has 5 rings (SSSR count). The quantitative estimate of drug-likeness (QED) is 0.402. The Labute approximate surface area is 214 Å². The molecule has 2 aliphatic rings. The summed E-state index contributed by atoms with van der Waals surface area (Å²) in [6.45, 7) is 2.25. The van der Waals surface area contributed by atoms with Crippen molar-refractivity contribution in [2.24, 2.45) is 18.9 Å². The van der Waals surface area contributed by atoms with Gasteiger partial charge in [0, 0.05) is 20.0 Å². The van der Waals surface area contributed by atoms with Crippen LogP contribution in [0.5, 0.6) is 0 Å². The van der Waals surface area contributed by atoms with Gasteiger partial charge in [-0.05, 0) is 49.7 Å². The number of pyridine rings is 1. The Bertz CT molecular complexity index is 1270. The lowest BCUT2D eigenvalue weighted by Gasteiger charge is -2.39. The zero-order valence-corrected chi connectivity index (χ0v) is 21.4. The molecule has 12 heteroatoms. The smallest absolute Gasteiger partial charge is 0.305 e. The molecule has 1 unspecified atom stereocenters. The number of methoxy groups -OCH3 is 1. The zero-order valence-electron chi connectivity index (χ0n) is 21.4. The lowest BCUT2D eigenvalue weighted by molar-refractivity contribution is -0.142. The fourth-order valence-corrected chi connectivity index (χ4v) is 5.03. The van der Waals surface area contributed by atoms with E-state index in [1.54, 1.807) is 20.4 Å². The number of nitrogens with zero attached hydrogens (tertiary/aromatic N) is 8. The zero-order chi connectivity index (χ0) is 26.2. The highest BCUT2D eigenvalue weighted by molar-refractivity contribution is 5.70. The predicted octanol–water partition coefficient (Wildman–Crippen LogP) is 3.06. The van der Waals surface area contributed by atoms with Gasteiger partial charge in [-0.2, -0.15) is 15.0 Å². The van der Waals surface area contributed by atoms with E-state index in [1.807, 2.05) is 26.2 Å². The number of esters is 1. The van der Waals surface area contributed by atoms with Crippen LogP contribution in [-0.4, -0.2) is 67.1 Å². The number of hydrogen-bond acceptors (Lipinski definition) is 8. The molecule has 1 aliphatic heterocycles. The summed E-state index contributed by atoms with van der Waals surface area (Å²) in [6, 6.07) is 3.61. The minimum atomic E-state index is -2.91. The fourth-order valence-electron chi connectivity index (χ4n) is 5.03. The van der Waals surface area contributed by atoms with Crippen LogP contribution in [0.25, 0.3) is 11.4 Å². The second-order valence-electron chi connectivity index (χ2n) is 10.1. The van der Waals surface area contributed by atoms with Crippen LogP contribution in [0.15, 0.2) is 18.3 Å². The van der Waals surface area contributed by atoms with Gasteiger partial charge >= 0.3 is 5.97 Å². The Morgan fingerprint density at radius 3 is 2.78 bits per heavy atom. The summed E-state index contributed by atoms with van der Waals surface area (Å²) < 4.78 is 35.6. The Morgan fingerprint density at radius 2 is 2.05 bits per heavy atom. The predicted molar refractivity (Wildman–Crippen MR) is 131 cm³/mol. The van der Waals surface area contributed by atoms with Gasteiger partial charge in [0.25, 0.3) is 5.92 Å².